The molecule has 3 aromatic rings. The Bertz CT molecular complexity index is 1110. The van der Waals surface area contributed by atoms with Crippen LogP contribution in [0, 0.1) is 11.6 Å². The predicted molar refractivity (Wildman–Crippen MR) is 97.2 cm³/mol. The fourth-order valence-corrected chi connectivity index (χ4v) is 3.44. The molecule has 0 atom stereocenters. The molecule has 9 nitrogen and oxygen atoms in total. The van der Waals surface area contributed by atoms with Crippen LogP contribution in [0.2, 0.25) is 0 Å². The largest absolute Gasteiger partial charge is 0.352 e. The van der Waals surface area contributed by atoms with E-state index in [2.05, 4.69) is 25.1 Å². The molecule has 0 saturated carbocycles. The molecule has 0 spiro atoms. The van der Waals surface area contributed by atoms with E-state index >= 15 is 0 Å². The summed E-state index contributed by atoms with van der Waals surface area (Å²) in [6.07, 6.45) is 4.26. The number of pyridine rings is 1. The van der Waals surface area contributed by atoms with E-state index < -0.39 is 32.5 Å². The smallest absolute Gasteiger partial charge is 0.240 e. The summed E-state index contributed by atoms with van der Waals surface area (Å²) in [5, 5.41) is 6.65. The number of sulfonamides is 1. The van der Waals surface area contributed by atoms with Crippen LogP contribution in [0.4, 0.5) is 8.78 Å². The number of amides is 1. The zero-order chi connectivity index (χ0) is 20.9. The first kappa shape index (κ1) is 20.5. The van der Waals surface area contributed by atoms with Crippen molar-refractivity contribution in [2.24, 2.45) is 0 Å². The van der Waals surface area contributed by atoms with Crippen molar-refractivity contribution in [1.29, 1.82) is 0 Å². The van der Waals surface area contributed by atoms with Gasteiger partial charge in [-0.1, -0.05) is 6.07 Å². The van der Waals surface area contributed by atoms with Crippen molar-refractivity contribution in [3.63, 3.8) is 0 Å². The van der Waals surface area contributed by atoms with Gasteiger partial charge in [0.1, 0.15) is 12.7 Å². The number of carbonyl (C=O) groups excluding carboxylic acids is 1. The van der Waals surface area contributed by atoms with Crippen molar-refractivity contribution in [3.8, 4) is 5.82 Å². The summed E-state index contributed by atoms with van der Waals surface area (Å²) in [5.74, 6) is -2.33. The van der Waals surface area contributed by atoms with Gasteiger partial charge in [-0.15, -0.1) is 0 Å². The summed E-state index contributed by atoms with van der Waals surface area (Å²) in [6.45, 7) is -0.0616. The second kappa shape index (κ2) is 8.84. The Morgan fingerprint density at radius 1 is 1.17 bits per heavy atom. The predicted octanol–water partition coefficient (Wildman–Crippen LogP) is 0.925. The molecule has 2 heterocycles. The summed E-state index contributed by atoms with van der Waals surface area (Å²) < 4.78 is 53.9. The Hall–Kier alpha value is -3.25. The van der Waals surface area contributed by atoms with Gasteiger partial charge in [-0.2, -0.15) is 5.10 Å². The van der Waals surface area contributed by atoms with Crippen molar-refractivity contribution in [3.05, 3.63) is 66.4 Å². The summed E-state index contributed by atoms with van der Waals surface area (Å²) in [7, 11) is -4.06. The molecular formula is C17H16F2N6O3S. The highest BCUT2D eigenvalue weighted by atomic mass is 32.2. The van der Waals surface area contributed by atoms with E-state index in [-0.39, 0.29) is 19.5 Å². The lowest BCUT2D eigenvalue weighted by Crippen LogP contribution is -2.31. The number of hydrogen-bond acceptors (Lipinski definition) is 6. The van der Waals surface area contributed by atoms with Crippen LogP contribution in [0.1, 0.15) is 12.0 Å². The van der Waals surface area contributed by atoms with Crippen LogP contribution in [-0.2, 0) is 21.4 Å². The van der Waals surface area contributed by atoms with Gasteiger partial charge in [0.05, 0.1) is 4.90 Å². The molecule has 152 valence electrons. The van der Waals surface area contributed by atoms with E-state index in [0.29, 0.717) is 17.4 Å². The Balaban J connectivity index is 1.53. The first-order valence-electron chi connectivity index (χ1n) is 8.37. The van der Waals surface area contributed by atoms with Gasteiger partial charge in [-0.05, 0) is 24.3 Å². The van der Waals surface area contributed by atoms with Gasteiger partial charge in [0, 0.05) is 31.3 Å². The molecular weight excluding hydrogens is 406 g/mol. The molecule has 1 aromatic carbocycles. The standard InChI is InChI=1S/C17H16F2N6O3S/c18-14-4-3-13(8-15(14)19)29(27,28)24-7-5-16(26)22-9-12-2-1-6-21-17(12)25-11-20-10-23-25/h1-4,6,8,10-11,24H,5,7,9H2,(H,22,26). The molecule has 0 bridgehead atoms. The molecule has 0 aliphatic rings. The van der Waals surface area contributed by atoms with Gasteiger partial charge in [0.25, 0.3) is 0 Å². The summed E-state index contributed by atoms with van der Waals surface area (Å²) >= 11 is 0. The normalized spacial score (nSPS) is 11.4. The molecule has 0 saturated heterocycles. The van der Waals surface area contributed by atoms with E-state index in [1.165, 1.54) is 17.3 Å². The van der Waals surface area contributed by atoms with Crippen molar-refractivity contribution in [2.75, 3.05) is 6.54 Å². The minimum absolute atomic E-state index is 0.151. The fraction of sp³-hybridized carbons (Fsp3) is 0.176. The number of halogens is 2. The molecule has 12 heteroatoms. The Kier molecular flexibility index (Phi) is 6.24. The van der Waals surface area contributed by atoms with Crippen molar-refractivity contribution < 1.29 is 22.0 Å². The second-order valence-corrected chi connectivity index (χ2v) is 7.59. The minimum atomic E-state index is -4.06. The number of nitrogens with zero attached hydrogens (tertiary/aromatic N) is 4. The third kappa shape index (κ3) is 5.18. The number of benzene rings is 1. The maximum Gasteiger partial charge on any atom is 0.240 e. The van der Waals surface area contributed by atoms with E-state index in [0.717, 1.165) is 12.1 Å². The number of nitrogens with one attached hydrogen (secondary N) is 2. The third-order valence-electron chi connectivity index (χ3n) is 3.82. The van der Waals surface area contributed by atoms with Crippen LogP contribution in [0.25, 0.3) is 5.82 Å². The number of hydrogen-bond donors (Lipinski definition) is 2. The molecule has 0 fully saturated rings. The first-order valence-corrected chi connectivity index (χ1v) is 9.85. The van der Waals surface area contributed by atoms with Gasteiger partial charge in [0.15, 0.2) is 17.5 Å². The van der Waals surface area contributed by atoms with Gasteiger partial charge in [-0.25, -0.2) is 36.6 Å². The van der Waals surface area contributed by atoms with E-state index in [1.807, 2.05) is 0 Å². The molecule has 3 rings (SSSR count). The Morgan fingerprint density at radius 3 is 2.72 bits per heavy atom. The molecule has 2 aromatic heterocycles. The number of aromatic nitrogens is 4. The quantitative estimate of drug-likeness (QED) is 0.557. The number of carbonyl (C=O) groups is 1. The van der Waals surface area contributed by atoms with E-state index in [1.54, 1.807) is 18.3 Å². The zero-order valence-corrected chi connectivity index (χ0v) is 15.7. The zero-order valence-electron chi connectivity index (χ0n) is 14.9. The first-order chi connectivity index (χ1) is 13.9. The maximum atomic E-state index is 13.2. The lowest BCUT2D eigenvalue weighted by Gasteiger charge is -2.10. The van der Waals surface area contributed by atoms with Crippen LogP contribution in [0.5, 0.6) is 0 Å². The molecule has 1 amide bonds. The monoisotopic (exact) mass is 422 g/mol. The van der Waals surface area contributed by atoms with E-state index in [4.69, 9.17) is 0 Å². The molecule has 2 N–H and O–H groups in total. The third-order valence-corrected chi connectivity index (χ3v) is 5.28. The molecule has 0 radical (unpaired) electrons. The Labute approximate surface area is 164 Å². The van der Waals surface area contributed by atoms with Gasteiger partial charge < -0.3 is 5.32 Å². The van der Waals surface area contributed by atoms with Crippen LogP contribution in [0.3, 0.4) is 0 Å². The minimum Gasteiger partial charge on any atom is -0.352 e. The van der Waals surface area contributed by atoms with E-state index in [9.17, 15) is 22.0 Å². The van der Waals surface area contributed by atoms with Gasteiger partial charge in [-0.3, -0.25) is 4.79 Å². The summed E-state index contributed by atoms with van der Waals surface area (Å²) in [6, 6.07) is 5.70. The summed E-state index contributed by atoms with van der Waals surface area (Å²) in [4.78, 5) is 19.6. The lowest BCUT2D eigenvalue weighted by molar-refractivity contribution is -0.121. The fourth-order valence-electron chi connectivity index (χ4n) is 2.40. The maximum absolute atomic E-state index is 13.2. The van der Waals surface area contributed by atoms with Crippen LogP contribution in [0.15, 0.2) is 54.1 Å². The highest BCUT2D eigenvalue weighted by molar-refractivity contribution is 7.89. The Morgan fingerprint density at radius 2 is 2.00 bits per heavy atom. The number of rotatable bonds is 8. The highest BCUT2D eigenvalue weighted by Crippen LogP contribution is 2.13. The average Bonchev–Trinajstić information content (AvgIpc) is 3.23. The molecule has 0 aliphatic carbocycles. The molecule has 29 heavy (non-hydrogen) atoms. The average molecular weight is 422 g/mol. The van der Waals surface area contributed by atoms with Crippen molar-refractivity contribution in [2.45, 2.75) is 17.9 Å². The molecule has 0 aliphatic heterocycles. The highest BCUT2D eigenvalue weighted by Gasteiger charge is 2.17. The van der Waals surface area contributed by atoms with Gasteiger partial charge in [0.2, 0.25) is 15.9 Å². The van der Waals surface area contributed by atoms with Crippen LogP contribution in [-0.4, -0.2) is 40.6 Å². The van der Waals surface area contributed by atoms with Crippen molar-refractivity contribution in [1.82, 2.24) is 29.8 Å². The van der Waals surface area contributed by atoms with Crippen LogP contribution < -0.4 is 10.0 Å². The lowest BCUT2D eigenvalue weighted by atomic mass is 10.2. The molecule has 0 unspecified atom stereocenters. The topological polar surface area (TPSA) is 119 Å². The summed E-state index contributed by atoms with van der Waals surface area (Å²) in [5.41, 5.74) is 0.689. The van der Waals surface area contributed by atoms with Crippen LogP contribution >= 0.6 is 0 Å². The van der Waals surface area contributed by atoms with Crippen molar-refractivity contribution >= 4 is 15.9 Å². The van der Waals surface area contributed by atoms with Gasteiger partial charge >= 0.3 is 0 Å². The second-order valence-electron chi connectivity index (χ2n) is 5.83. The SMILES string of the molecule is O=C(CCNS(=O)(=O)c1ccc(F)c(F)c1)NCc1cccnc1-n1cncn1.